The van der Waals surface area contributed by atoms with Crippen molar-refractivity contribution in [2.45, 2.75) is 56.4 Å². The number of piperidine rings is 1. The first-order valence-corrected chi connectivity index (χ1v) is 10.5. The van der Waals surface area contributed by atoms with Crippen LogP contribution in [0, 0.1) is 11.6 Å². The van der Waals surface area contributed by atoms with E-state index in [0.717, 1.165) is 12.8 Å². The Morgan fingerprint density at radius 2 is 1.77 bits per heavy atom. The van der Waals surface area contributed by atoms with Crippen molar-refractivity contribution in [1.29, 1.82) is 0 Å². The quantitative estimate of drug-likeness (QED) is 0.555. The van der Waals surface area contributed by atoms with Crippen LogP contribution < -0.4 is 15.5 Å². The van der Waals surface area contributed by atoms with Gasteiger partial charge < -0.3 is 20.4 Å². The molecule has 1 aromatic carbocycles. The number of rotatable bonds is 4. The Morgan fingerprint density at radius 3 is 2.40 bits per heavy atom. The molecule has 0 spiro atoms. The van der Waals surface area contributed by atoms with Gasteiger partial charge in [-0.2, -0.15) is 0 Å². The van der Waals surface area contributed by atoms with Crippen molar-refractivity contribution in [3.8, 4) is 0 Å². The zero-order valence-corrected chi connectivity index (χ0v) is 16.5. The molecular formula is C21H24F2N4O3. The van der Waals surface area contributed by atoms with E-state index in [2.05, 4.69) is 10.6 Å². The van der Waals surface area contributed by atoms with Gasteiger partial charge in [0.15, 0.2) is 12.1 Å². The van der Waals surface area contributed by atoms with Crippen molar-refractivity contribution in [1.82, 2.24) is 15.5 Å². The van der Waals surface area contributed by atoms with Gasteiger partial charge in [0.2, 0.25) is 5.78 Å². The summed E-state index contributed by atoms with van der Waals surface area (Å²) < 4.78 is 30.6. The Kier molecular flexibility index (Phi) is 4.82. The number of anilines is 1. The third kappa shape index (κ3) is 2.94. The van der Waals surface area contributed by atoms with Crippen LogP contribution in [0.3, 0.4) is 0 Å². The normalized spacial score (nSPS) is 30.5. The van der Waals surface area contributed by atoms with Crippen molar-refractivity contribution >= 4 is 23.7 Å². The van der Waals surface area contributed by atoms with Gasteiger partial charge in [-0.05, 0) is 31.7 Å². The predicted molar refractivity (Wildman–Crippen MR) is 104 cm³/mol. The lowest BCUT2D eigenvalue weighted by Crippen LogP contribution is -2.52. The van der Waals surface area contributed by atoms with Gasteiger partial charge in [0.05, 0.1) is 18.2 Å². The van der Waals surface area contributed by atoms with Crippen LogP contribution in [-0.2, 0) is 16.1 Å². The number of Topliss-reactive ketones (excluding diaryl/α,β-unsaturated/α-hetero) is 1. The maximum atomic E-state index is 15.5. The number of carbonyl (C=O) groups is 3. The van der Waals surface area contributed by atoms with Crippen LogP contribution in [0.25, 0.3) is 0 Å². The minimum atomic E-state index is -0.682. The highest BCUT2D eigenvalue weighted by Crippen LogP contribution is 2.40. The third-order valence-electron chi connectivity index (χ3n) is 7.04. The first-order valence-electron chi connectivity index (χ1n) is 10.5. The van der Waals surface area contributed by atoms with Gasteiger partial charge >= 0.3 is 0 Å². The minimum Gasteiger partial charge on any atom is -0.358 e. The van der Waals surface area contributed by atoms with E-state index in [4.69, 9.17) is 0 Å². The van der Waals surface area contributed by atoms with Gasteiger partial charge in [-0.15, -0.1) is 0 Å². The van der Waals surface area contributed by atoms with Crippen LogP contribution in [0.15, 0.2) is 6.07 Å². The van der Waals surface area contributed by atoms with Gasteiger partial charge in [-0.25, -0.2) is 8.78 Å². The molecule has 0 radical (unpaired) electrons. The number of piperazine rings is 1. The number of halogens is 2. The van der Waals surface area contributed by atoms with E-state index < -0.39 is 23.5 Å². The molecule has 1 amide bonds. The highest BCUT2D eigenvalue weighted by atomic mass is 19.1. The molecule has 0 aromatic heterocycles. The molecule has 0 aliphatic carbocycles. The molecule has 160 valence electrons. The molecule has 4 heterocycles. The van der Waals surface area contributed by atoms with Crippen LogP contribution in [0.4, 0.5) is 14.5 Å². The van der Waals surface area contributed by atoms with Crippen molar-refractivity contribution in [2.75, 3.05) is 24.5 Å². The Labute approximate surface area is 172 Å². The van der Waals surface area contributed by atoms with Crippen LogP contribution in [0.2, 0.25) is 0 Å². The topological polar surface area (TPSA) is 81.8 Å². The Morgan fingerprint density at radius 1 is 1.07 bits per heavy atom. The van der Waals surface area contributed by atoms with Gasteiger partial charge in [0.25, 0.3) is 5.91 Å². The summed E-state index contributed by atoms with van der Waals surface area (Å²) in [5, 5.41) is 6.30. The molecule has 4 aliphatic rings. The second-order valence-corrected chi connectivity index (χ2v) is 8.64. The molecule has 0 saturated carbocycles. The van der Waals surface area contributed by atoms with Gasteiger partial charge in [-0.3, -0.25) is 14.4 Å². The number of fused-ring (bicyclic) bond motifs is 3. The highest BCUT2D eigenvalue weighted by Gasteiger charge is 2.43. The van der Waals surface area contributed by atoms with E-state index in [1.54, 1.807) is 4.90 Å². The number of nitrogens with zero attached hydrogens (tertiary/aromatic N) is 2. The number of hydrogen-bond acceptors (Lipinski definition) is 6. The van der Waals surface area contributed by atoms with Crippen molar-refractivity contribution in [2.24, 2.45) is 0 Å². The summed E-state index contributed by atoms with van der Waals surface area (Å²) in [6, 6.07) is 0.541. The summed E-state index contributed by atoms with van der Waals surface area (Å²) in [4.78, 5) is 38.6. The molecule has 9 heteroatoms. The van der Waals surface area contributed by atoms with Crippen LogP contribution in [0.5, 0.6) is 0 Å². The number of amides is 1. The Hall–Kier alpha value is -2.39. The lowest BCUT2D eigenvalue weighted by Gasteiger charge is -2.37. The molecule has 2 bridgehead atoms. The molecule has 4 unspecified atom stereocenters. The zero-order chi connectivity index (χ0) is 21.0. The van der Waals surface area contributed by atoms with Crippen molar-refractivity contribution < 1.29 is 23.2 Å². The average Bonchev–Trinajstić information content (AvgIpc) is 3.19. The number of aldehydes is 1. The van der Waals surface area contributed by atoms with E-state index in [0.29, 0.717) is 38.8 Å². The molecule has 2 N–H and O–H groups in total. The summed E-state index contributed by atoms with van der Waals surface area (Å²) in [6.07, 6.45) is 3.04. The maximum absolute atomic E-state index is 15.5. The van der Waals surface area contributed by atoms with E-state index in [1.807, 2.05) is 4.90 Å². The van der Waals surface area contributed by atoms with Crippen LogP contribution in [0.1, 0.15) is 41.6 Å². The summed E-state index contributed by atoms with van der Waals surface area (Å²) in [5.41, 5.74) is 0.332. The number of carbonyl (C=O) groups excluding carboxylic acids is 3. The van der Waals surface area contributed by atoms with Crippen LogP contribution >= 0.6 is 0 Å². The minimum absolute atomic E-state index is 0.00388. The summed E-state index contributed by atoms with van der Waals surface area (Å²) in [5.74, 6) is -2.20. The monoisotopic (exact) mass is 418 g/mol. The van der Waals surface area contributed by atoms with E-state index in [-0.39, 0.29) is 47.4 Å². The fourth-order valence-corrected chi connectivity index (χ4v) is 5.50. The van der Waals surface area contributed by atoms with Crippen molar-refractivity contribution in [3.63, 3.8) is 0 Å². The predicted octanol–water partition coefficient (Wildman–Crippen LogP) is 0.750. The molecule has 4 aliphatic heterocycles. The lowest BCUT2D eigenvalue weighted by atomic mass is 9.97. The molecule has 1 aromatic rings. The summed E-state index contributed by atoms with van der Waals surface area (Å²) >= 11 is 0. The van der Waals surface area contributed by atoms with Gasteiger partial charge in [0.1, 0.15) is 11.5 Å². The highest BCUT2D eigenvalue weighted by molar-refractivity contribution is 6.27. The van der Waals surface area contributed by atoms with E-state index in [9.17, 15) is 14.4 Å². The van der Waals surface area contributed by atoms with E-state index in [1.165, 1.54) is 6.07 Å². The number of ketones is 1. The fraction of sp³-hybridized carbons (Fsp3) is 0.571. The maximum Gasteiger partial charge on any atom is 0.255 e. The number of nitrogens with one attached hydrogen (secondary N) is 2. The average molecular weight is 418 g/mol. The Balaban J connectivity index is 1.40. The second-order valence-electron chi connectivity index (χ2n) is 8.64. The molecule has 7 nitrogen and oxygen atoms in total. The fourth-order valence-electron chi connectivity index (χ4n) is 5.50. The van der Waals surface area contributed by atoms with E-state index >= 15 is 8.78 Å². The smallest absolute Gasteiger partial charge is 0.255 e. The SMILES string of the molecule is O=CC(=O)C1CCC(N2Cc3c(cc(F)c(N4C5CCC4CNC5)c3F)C2=O)CN1. The second kappa shape index (κ2) is 7.39. The molecule has 3 fully saturated rings. The van der Waals surface area contributed by atoms with Crippen molar-refractivity contribution in [3.05, 3.63) is 28.8 Å². The molecule has 30 heavy (non-hydrogen) atoms. The Bertz CT molecular complexity index is 900. The number of benzene rings is 1. The number of hydrogen-bond donors (Lipinski definition) is 2. The van der Waals surface area contributed by atoms with Gasteiger partial charge in [0, 0.05) is 43.3 Å². The largest absolute Gasteiger partial charge is 0.358 e. The lowest BCUT2D eigenvalue weighted by molar-refractivity contribution is -0.131. The molecule has 5 rings (SSSR count). The van der Waals surface area contributed by atoms with Crippen LogP contribution in [-0.4, -0.2) is 66.7 Å². The standard InChI is InChI=1S/C21H24F2N4O3/c22-16-5-14-15(19(23)20(16)27-12-1-2-13(27)7-24-6-12)9-26(21(14)30)11-3-4-17(25-8-11)18(29)10-28/h5,10-13,17,24-25H,1-4,6-9H2. The van der Waals surface area contributed by atoms with Gasteiger partial charge in [-0.1, -0.05) is 0 Å². The zero-order valence-electron chi connectivity index (χ0n) is 16.5. The first-order chi connectivity index (χ1) is 14.5. The summed E-state index contributed by atoms with van der Waals surface area (Å²) in [7, 11) is 0. The molecular weight excluding hydrogens is 394 g/mol. The first kappa shape index (κ1) is 19.6. The molecule has 3 saturated heterocycles. The summed E-state index contributed by atoms with van der Waals surface area (Å²) in [6.45, 7) is 1.83. The molecule has 4 atom stereocenters. The third-order valence-corrected chi connectivity index (χ3v) is 7.04.